The van der Waals surface area contributed by atoms with Gasteiger partial charge in [0.15, 0.2) is 5.78 Å². The van der Waals surface area contributed by atoms with Gasteiger partial charge < -0.3 is 13.7 Å². The van der Waals surface area contributed by atoms with Gasteiger partial charge in [-0.25, -0.2) is 9.78 Å². The molecule has 0 atom stereocenters. The van der Waals surface area contributed by atoms with E-state index < -0.39 is 11.5 Å². The highest BCUT2D eigenvalue weighted by molar-refractivity contribution is 6.03. The van der Waals surface area contributed by atoms with Crippen LogP contribution in [0.4, 0.5) is 0 Å². The molecule has 4 rings (SSSR count). The van der Waals surface area contributed by atoms with Gasteiger partial charge in [-0.3, -0.25) is 14.2 Å². The van der Waals surface area contributed by atoms with E-state index >= 15 is 0 Å². The fourth-order valence-electron chi connectivity index (χ4n) is 4.25. The van der Waals surface area contributed by atoms with Crippen LogP contribution < -0.4 is 5.56 Å². The normalized spacial score (nSPS) is 11.2. The Morgan fingerprint density at radius 3 is 2.56 bits per heavy atom. The topological polar surface area (TPSA) is 96.3 Å². The first-order valence-electron chi connectivity index (χ1n) is 11.2. The van der Waals surface area contributed by atoms with Crippen molar-refractivity contribution in [1.29, 1.82) is 0 Å². The van der Waals surface area contributed by atoms with Crippen molar-refractivity contribution in [1.82, 2.24) is 14.1 Å². The largest absolute Gasteiger partial charge is 0.462 e. The van der Waals surface area contributed by atoms with Crippen molar-refractivity contribution in [3.63, 3.8) is 0 Å². The molecule has 0 saturated heterocycles. The van der Waals surface area contributed by atoms with E-state index in [-0.39, 0.29) is 41.4 Å². The summed E-state index contributed by atoms with van der Waals surface area (Å²) in [5, 5.41) is 0.0274. The molecule has 0 saturated carbocycles. The second kappa shape index (κ2) is 9.51. The number of rotatable bonds is 8. The lowest BCUT2D eigenvalue weighted by atomic mass is 10.1. The van der Waals surface area contributed by atoms with E-state index in [1.54, 1.807) is 13.8 Å². The molecule has 0 radical (unpaired) electrons. The van der Waals surface area contributed by atoms with Gasteiger partial charge in [0.2, 0.25) is 5.71 Å². The fraction of sp³-hybridized carbons (Fsp3) is 0.308. The van der Waals surface area contributed by atoms with Crippen LogP contribution in [-0.4, -0.2) is 32.5 Å². The standard InChI is InChI=1S/C26H27N3O5/c1-5-33-26(32)22-18(4)34-24-23(22)25(31)28(15-27-24)14-21(30)20-13-16(2)29(17(20)3)12-11-19-9-7-6-8-10-19/h6-10,13,15H,5,11-12,14H2,1-4H3. The van der Waals surface area contributed by atoms with E-state index in [0.717, 1.165) is 24.4 Å². The Balaban J connectivity index is 1.61. The lowest BCUT2D eigenvalue weighted by Gasteiger charge is -2.10. The Labute approximate surface area is 196 Å². The molecule has 4 aromatic rings. The predicted octanol–water partition coefficient (Wildman–Crippen LogP) is 4.02. The molecule has 3 aromatic heterocycles. The second-order valence-corrected chi connectivity index (χ2v) is 8.21. The van der Waals surface area contributed by atoms with Gasteiger partial charge in [-0.05, 0) is 45.7 Å². The molecule has 0 N–H and O–H groups in total. The smallest absolute Gasteiger partial charge is 0.342 e. The minimum Gasteiger partial charge on any atom is -0.462 e. The Hall–Kier alpha value is -3.94. The zero-order valence-electron chi connectivity index (χ0n) is 19.8. The summed E-state index contributed by atoms with van der Waals surface area (Å²) in [6, 6.07) is 12.0. The first-order valence-corrected chi connectivity index (χ1v) is 11.2. The lowest BCUT2D eigenvalue weighted by Crippen LogP contribution is -2.25. The van der Waals surface area contributed by atoms with Crippen molar-refractivity contribution < 1.29 is 18.7 Å². The quantitative estimate of drug-likeness (QED) is 0.290. The number of hydrogen-bond acceptors (Lipinski definition) is 6. The summed E-state index contributed by atoms with van der Waals surface area (Å²) in [4.78, 5) is 42.8. The third-order valence-electron chi connectivity index (χ3n) is 5.99. The molecule has 0 bridgehead atoms. The minimum absolute atomic E-state index is 0.0274. The maximum Gasteiger partial charge on any atom is 0.342 e. The molecule has 8 nitrogen and oxygen atoms in total. The van der Waals surface area contributed by atoms with Crippen LogP contribution in [-0.2, 0) is 24.2 Å². The van der Waals surface area contributed by atoms with E-state index in [0.29, 0.717) is 5.56 Å². The number of carbonyl (C=O) groups is 2. The van der Waals surface area contributed by atoms with Crippen LogP contribution in [0, 0.1) is 20.8 Å². The van der Waals surface area contributed by atoms with Gasteiger partial charge in [0, 0.05) is 23.5 Å². The van der Waals surface area contributed by atoms with Gasteiger partial charge in [0.05, 0.1) is 13.2 Å². The summed E-state index contributed by atoms with van der Waals surface area (Å²) in [5.41, 5.74) is 3.20. The second-order valence-electron chi connectivity index (χ2n) is 8.21. The molecule has 0 fully saturated rings. The Bertz CT molecular complexity index is 1430. The van der Waals surface area contributed by atoms with Crippen LogP contribution in [0.3, 0.4) is 0 Å². The molecule has 3 heterocycles. The number of Topliss-reactive ketones (excluding diaryl/α,β-unsaturated/α-hetero) is 1. The van der Waals surface area contributed by atoms with Gasteiger partial charge in [0.25, 0.3) is 5.56 Å². The maximum absolute atomic E-state index is 13.2. The number of carbonyl (C=O) groups excluding carboxylic acids is 2. The zero-order valence-corrected chi connectivity index (χ0v) is 19.8. The summed E-state index contributed by atoms with van der Waals surface area (Å²) < 4.78 is 13.9. The Morgan fingerprint density at radius 1 is 1.12 bits per heavy atom. The first-order chi connectivity index (χ1) is 16.3. The SMILES string of the molecule is CCOC(=O)c1c(C)oc2ncn(CC(=O)c3cc(C)n(CCc4ccccc4)c3C)c(=O)c12. The molecule has 1 aromatic carbocycles. The summed E-state index contributed by atoms with van der Waals surface area (Å²) in [7, 11) is 0. The molecule has 176 valence electrons. The van der Waals surface area contributed by atoms with Crippen molar-refractivity contribution >= 4 is 22.9 Å². The molecule has 0 aliphatic heterocycles. The van der Waals surface area contributed by atoms with Crippen LogP contribution in [0.5, 0.6) is 0 Å². The number of benzene rings is 1. The minimum atomic E-state index is -0.649. The number of aromatic nitrogens is 3. The molecule has 0 unspecified atom stereocenters. The van der Waals surface area contributed by atoms with Crippen LogP contribution in [0.15, 0.2) is 51.9 Å². The van der Waals surface area contributed by atoms with Crippen molar-refractivity contribution in [3.8, 4) is 0 Å². The number of esters is 1. The third-order valence-corrected chi connectivity index (χ3v) is 5.99. The van der Waals surface area contributed by atoms with Gasteiger partial charge in [-0.2, -0.15) is 0 Å². The molecule has 0 aliphatic carbocycles. The zero-order chi connectivity index (χ0) is 24.4. The average Bonchev–Trinajstić information content (AvgIpc) is 3.31. The summed E-state index contributed by atoms with van der Waals surface area (Å²) in [6.07, 6.45) is 2.12. The summed E-state index contributed by atoms with van der Waals surface area (Å²) >= 11 is 0. The number of hydrogen-bond donors (Lipinski definition) is 0. The number of furan rings is 1. The monoisotopic (exact) mass is 461 g/mol. The predicted molar refractivity (Wildman–Crippen MR) is 127 cm³/mol. The van der Waals surface area contributed by atoms with Gasteiger partial charge in [-0.15, -0.1) is 0 Å². The van der Waals surface area contributed by atoms with Crippen molar-refractivity contribution in [3.05, 3.63) is 86.9 Å². The number of ether oxygens (including phenoxy) is 1. The van der Waals surface area contributed by atoms with Gasteiger partial charge >= 0.3 is 5.97 Å². The molecule has 0 aliphatic rings. The van der Waals surface area contributed by atoms with Crippen molar-refractivity contribution in [2.24, 2.45) is 0 Å². The van der Waals surface area contributed by atoms with E-state index in [2.05, 4.69) is 21.7 Å². The number of fused-ring (bicyclic) bond motifs is 1. The van der Waals surface area contributed by atoms with Gasteiger partial charge in [-0.1, -0.05) is 30.3 Å². The van der Waals surface area contributed by atoms with Crippen LogP contribution in [0.25, 0.3) is 11.1 Å². The highest BCUT2D eigenvalue weighted by Gasteiger charge is 2.25. The third kappa shape index (κ3) is 4.31. The summed E-state index contributed by atoms with van der Waals surface area (Å²) in [6.45, 7) is 7.85. The Morgan fingerprint density at radius 2 is 1.85 bits per heavy atom. The van der Waals surface area contributed by atoms with E-state index in [1.165, 1.54) is 16.5 Å². The van der Waals surface area contributed by atoms with Crippen LogP contribution in [0.2, 0.25) is 0 Å². The molecule has 0 spiro atoms. The lowest BCUT2D eigenvalue weighted by molar-refractivity contribution is 0.0526. The van der Waals surface area contributed by atoms with Crippen molar-refractivity contribution in [2.75, 3.05) is 6.61 Å². The first kappa shape index (κ1) is 23.2. The van der Waals surface area contributed by atoms with Crippen LogP contribution in [0.1, 0.15) is 50.4 Å². The molecule has 34 heavy (non-hydrogen) atoms. The molecule has 8 heteroatoms. The molecule has 0 amide bonds. The Kier molecular flexibility index (Phi) is 6.49. The van der Waals surface area contributed by atoms with E-state index in [1.807, 2.05) is 38.1 Å². The number of ketones is 1. The van der Waals surface area contributed by atoms with Gasteiger partial charge in [0.1, 0.15) is 23.0 Å². The number of aryl methyl sites for hydroxylation is 3. The number of nitrogens with zero attached hydrogens (tertiary/aromatic N) is 3. The summed E-state index contributed by atoms with van der Waals surface area (Å²) in [5.74, 6) is -0.604. The van der Waals surface area contributed by atoms with E-state index in [9.17, 15) is 14.4 Å². The average molecular weight is 462 g/mol. The van der Waals surface area contributed by atoms with E-state index in [4.69, 9.17) is 9.15 Å². The van der Waals surface area contributed by atoms with Crippen molar-refractivity contribution in [2.45, 2.75) is 47.2 Å². The molecular weight excluding hydrogens is 434 g/mol. The van der Waals surface area contributed by atoms with Crippen LogP contribution >= 0.6 is 0 Å². The maximum atomic E-state index is 13.2. The molecular formula is C26H27N3O5. The highest BCUT2D eigenvalue weighted by atomic mass is 16.5. The highest BCUT2D eigenvalue weighted by Crippen LogP contribution is 2.22. The fourth-order valence-corrected chi connectivity index (χ4v) is 4.25.